The van der Waals surface area contributed by atoms with Crippen molar-refractivity contribution in [2.45, 2.75) is 26.2 Å². The van der Waals surface area contributed by atoms with Crippen molar-refractivity contribution < 1.29 is 13.9 Å². The summed E-state index contributed by atoms with van der Waals surface area (Å²) in [5, 5.41) is 0. The zero-order valence-electron chi connectivity index (χ0n) is 14.6. The molecule has 0 bridgehead atoms. The molecule has 0 radical (unpaired) electrons. The maximum Gasteiger partial charge on any atom is 0.227 e. The lowest BCUT2D eigenvalue weighted by molar-refractivity contribution is -0.129. The van der Waals surface area contributed by atoms with E-state index in [-0.39, 0.29) is 18.1 Å². The molecule has 1 heterocycles. The van der Waals surface area contributed by atoms with Gasteiger partial charge in [0, 0.05) is 13.1 Å². The van der Waals surface area contributed by atoms with Gasteiger partial charge in [0.25, 0.3) is 0 Å². The third-order valence-electron chi connectivity index (χ3n) is 4.75. The number of carbonyl (C=O) groups is 1. The summed E-state index contributed by atoms with van der Waals surface area (Å²) in [6.07, 6.45) is 2.05. The van der Waals surface area contributed by atoms with Crippen molar-refractivity contribution >= 4 is 5.91 Å². The average molecular weight is 341 g/mol. The lowest BCUT2D eigenvalue weighted by atomic mass is 10.1. The van der Waals surface area contributed by atoms with Gasteiger partial charge in [-0.1, -0.05) is 35.9 Å². The summed E-state index contributed by atoms with van der Waals surface area (Å²) in [4.78, 5) is 14.2. The van der Waals surface area contributed by atoms with Crippen molar-refractivity contribution in [1.82, 2.24) is 4.90 Å². The zero-order valence-corrected chi connectivity index (χ0v) is 14.6. The van der Waals surface area contributed by atoms with Gasteiger partial charge < -0.3 is 9.64 Å². The first-order valence-corrected chi connectivity index (χ1v) is 8.82. The van der Waals surface area contributed by atoms with E-state index in [9.17, 15) is 9.18 Å². The van der Waals surface area contributed by atoms with Gasteiger partial charge in [-0.15, -0.1) is 0 Å². The van der Waals surface area contributed by atoms with E-state index in [0.29, 0.717) is 18.1 Å². The minimum atomic E-state index is -0.307. The zero-order chi connectivity index (χ0) is 17.6. The van der Waals surface area contributed by atoms with Crippen LogP contribution in [-0.2, 0) is 11.2 Å². The van der Waals surface area contributed by atoms with Crippen LogP contribution in [0.2, 0.25) is 0 Å². The summed E-state index contributed by atoms with van der Waals surface area (Å²) < 4.78 is 19.5. The van der Waals surface area contributed by atoms with Crippen LogP contribution in [0, 0.1) is 18.7 Å². The van der Waals surface area contributed by atoms with E-state index in [0.717, 1.165) is 31.7 Å². The van der Waals surface area contributed by atoms with Gasteiger partial charge >= 0.3 is 0 Å². The number of rotatable bonds is 6. The summed E-state index contributed by atoms with van der Waals surface area (Å²) >= 11 is 0. The Bertz CT molecular complexity index is 714. The molecule has 0 aliphatic carbocycles. The van der Waals surface area contributed by atoms with Crippen molar-refractivity contribution in [3.63, 3.8) is 0 Å². The third kappa shape index (κ3) is 4.81. The molecule has 1 atom stereocenters. The number of aryl methyl sites for hydroxylation is 1. The van der Waals surface area contributed by atoms with E-state index >= 15 is 0 Å². The van der Waals surface area contributed by atoms with E-state index in [1.54, 1.807) is 18.2 Å². The molecule has 4 heteroatoms. The molecule has 1 unspecified atom stereocenters. The molecule has 3 rings (SSSR count). The largest absolute Gasteiger partial charge is 0.494 e. The molecular weight excluding hydrogens is 317 g/mol. The Morgan fingerprint density at radius 3 is 2.72 bits per heavy atom. The first-order valence-electron chi connectivity index (χ1n) is 8.82. The first-order chi connectivity index (χ1) is 12.1. The van der Waals surface area contributed by atoms with Crippen LogP contribution >= 0.6 is 0 Å². The fourth-order valence-electron chi connectivity index (χ4n) is 3.19. The Hall–Kier alpha value is -2.36. The molecule has 3 nitrogen and oxygen atoms in total. The van der Waals surface area contributed by atoms with Gasteiger partial charge in [-0.3, -0.25) is 4.79 Å². The van der Waals surface area contributed by atoms with E-state index < -0.39 is 0 Å². The van der Waals surface area contributed by atoms with Gasteiger partial charge in [-0.05, 0) is 49.4 Å². The van der Waals surface area contributed by atoms with Gasteiger partial charge in [-0.2, -0.15) is 0 Å². The van der Waals surface area contributed by atoms with Crippen LogP contribution in [0.1, 0.15) is 24.0 Å². The molecule has 2 aromatic rings. The Balaban J connectivity index is 1.43. The SMILES string of the molecule is Cc1ccc(OCCC2CCN(C(=O)Cc3ccccc3F)C2)cc1. The molecule has 2 aromatic carbocycles. The number of likely N-dealkylation sites (tertiary alicyclic amines) is 1. The fraction of sp³-hybridized carbons (Fsp3) is 0.381. The highest BCUT2D eigenvalue weighted by Crippen LogP contribution is 2.22. The van der Waals surface area contributed by atoms with Gasteiger partial charge in [0.05, 0.1) is 13.0 Å². The lowest BCUT2D eigenvalue weighted by Crippen LogP contribution is -2.30. The number of hydrogen-bond donors (Lipinski definition) is 0. The summed E-state index contributed by atoms with van der Waals surface area (Å²) in [5.41, 5.74) is 1.69. The van der Waals surface area contributed by atoms with Crippen molar-refractivity contribution in [2.24, 2.45) is 5.92 Å². The van der Waals surface area contributed by atoms with E-state index in [1.807, 2.05) is 29.2 Å². The Morgan fingerprint density at radius 2 is 1.96 bits per heavy atom. The molecule has 132 valence electrons. The van der Waals surface area contributed by atoms with Gasteiger partial charge in [-0.25, -0.2) is 4.39 Å². The predicted molar refractivity (Wildman–Crippen MR) is 96.1 cm³/mol. The number of halogens is 1. The highest BCUT2D eigenvalue weighted by molar-refractivity contribution is 5.79. The summed E-state index contributed by atoms with van der Waals surface area (Å²) in [6, 6.07) is 14.5. The first kappa shape index (κ1) is 17.5. The quantitative estimate of drug-likeness (QED) is 0.795. The van der Waals surface area contributed by atoms with Crippen LogP contribution in [-0.4, -0.2) is 30.5 Å². The minimum Gasteiger partial charge on any atom is -0.494 e. The Labute approximate surface area is 148 Å². The van der Waals surface area contributed by atoms with Crippen LogP contribution in [0.4, 0.5) is 4.39 Å². The molecule has 0 aromatic heterocycles. The Kier molecular flexibility index (Phi) is 5.69. The molecule has 1 aliphatic rings. The van der Waals surface area contributed by atoms with Crippen molar-refractivity contribution in [1.29, 1.82) is 0 Å². The van der Waals surface area contributed by atoms with Crippen LogP contribution in [0.5, 0.6) is 5.75 Å². The molecule has 1 amide bonds. The molecule has 25 heavy (non-hydrogen) atoms. The van der Waals surface area contributed by atoms with Gasteiger partial charge in [0.1, 0.15) is 11.6 Å². The molecule has 1 aliphatic heterocycles. The van der Waals surface area contributed by atoms with E-state index in [2.05, 4.69) is 6.92 Å². The number of hydrogen-bond acceptors (Lipinski definition) is 2. The van der Waals surface area contributed by atoms with Crippen molar-refractivity contribution in [3.8, 4) is 5.75 Å². The normalized spacial score (nSPS) is 16.9. The molecule has 1 saturated heterocycles. The summed E-state index contributed by atoms with van der Waals surface area (Å²) in [7, 11) is 0. The van der Waals surface area contributed by atoms with E-state index in [1.165, 1.54) is 11.6 Å². The fourth-order valence-corrected chi connectivity index (χ4v) is 3.19. The summed E-state index contributed by atoms with van der Waals surface area (Å²) in [5.74, 6) is 1.04. The highest BCUT2D eigenvalue weighted by atomic mass is 19.1. The molecule has 1 fully saturated rings. The van der Waals surface area contributed by atoms with Crippen LogP contribution in [0.15, 0.2) is 48.5 Å². The molecule has 0 saturated carbocycles. The summed E-state index contributed by atoms with van der Waals surface area (Å²) in [6.45, 7) is 4.20. The van der Waals surface area contributed by atoms with E-state index in [4.69, 9.17) is 4.74 Å². The predicted octanol–water partition coefficient (Wildman–Crippen LogP) is 3.99. The lowest BCUT2D eigenvalue weighted by Gasteiger charge is -2.17. The van der Waals surface area contributed by atoms with Crippen molar-refractivity contribution in [3.05, 3.63) is 65.5 Å². The highest BCUT2D eigenvalue weighted by Gasteiger charge is 2.26. The number of carbonyl (C=O) groups excluding carboxylic acids is 1. The van der Waals surface area contributed by atoms with Crippen LogP contribution in [0.25, 0.3) is 0 Å². The van der Waals surface area contributed by atoms with Gasteiger partial charge in [0.2, 0.25) is 5.91 Å². The number of benzene rings is 2. The number of nitrogens with zero attached hydrogens (tertiary/aromatic N) is 1. The van der Waals surface area contributed by atoms with Gasteiger partial charge in [0.15, 0.2) is 0 Å². The molecule has 0 N–H and O–H groups in total. The van der Waals surface area contributed by atoms with Crippen molar-refractivity contribution in [2.75, 3.05) is 19.7 Å². The topological polar surface area (TPSA) is 29.5 Å². The number of ether oxygens (including phenoxy) is 1. The standard InChI is InChI=1S/C21H24FNO2/c1-16-6-8-19(9-7-16)25-13-11-17-10-12-23(15-17)21(24)14-18-4-2-3-5-20(18)22/h2-9,17H,10-15H2,1H3. The second-order valence-corrected chi connectivity index (χ2v) is 6.71. The second kappa shape index (κ2) is 8.15. The minimum absolute atomic E-state index is 0.00653. The number of amides is 1. The smallest absolute Gasteiger partial charge is 0.227 e. The second-order valence-electron chi connectivity index (χ2n) is 6.71. The third-order valence-corrected chi connectivity index (χ3v) is 4.75. The van der Waals surface area contributed by atoms with Crippen LogP contribution < -0.4 is 4.74 Å². The monoisotopic (exact) mass is 341 g/mol. The maximum atomic E-state index is 13.7. The maximum absolute atomic E-state index is 13.7. The molecular formula is C21H24FNO2. The van der Waals surface area contributed by atoms with Crippen LogP contribution in [0.3, 0.4) is 0 Å². The average Bonchev–Trinajstić information content (AvgIpc) is 3.08. The Morgan fingerprint density at radius 1 is 1.20 bits per heavy atom. The molecule has 0 spiro atoms.